The van der Waals surface area contributed by atoms with Crippen molar-refractivity contribution in [3.05, 3.63) is 17.0 Å². The lowest BCUT2D eigenvalue weighted by Crippen LogP contribution is -2.40. The smallest absolute Gasteiger partial charge is 0.410 e. The van der Waals surface area contributed by atoms with Crippen LogP contribution < -0.4 is 0 Å². The lowest BCUT2D eigenvalue weighted by molar-refractivity contribution is -0.0926. The molecule has 3 heterocycles. The molecular formula is C19H27F4N3O4. The third-order valence-corrected chi connectivity index (χ3v) is 5.06. The summed E-state index contributed by atoms with van der Waals surface area (Å²) in [6.45, 7) is 3.67. The average molecular weight is 437 g/mol. The van der Waals surface area contributed by atoms with Gasteiger partial charge in [0.25, 0.3) is 12.3 Å². The van der Waals surface area contributed by atoms with E-state index in [1.807, 2.05) is 0 Å². The molecule has 0 saturated carbocycles. The van der Waals surface area contributed by atoms with Crippen molar-refractivity contribution in [2.45, 2.75) is 76.7 Å². The van der Waals surface area contributed by atoms with Gasteiger partial charge in [0.05, 0.1) is 25.4 Å². The number of amides is 1. The lowest BCUT2D eigenvalue weighted by Gasteiger charge is -2.30. The highest BCUT2D eigenvalue weighted by molar-refractivity contribution is 5.68. The predicted octanol–water partition coefficient (Wildman–Crippen LogP) is 3.07. The van der Waals surface area contributed by atoms with E-state index in [0.29, 0.717) is 5.69 Å². The van der Waals surface area contributed by atoms with Gasteiger partial charge >= 0.3 is 6.09 Å². The van der Waals surface area contributed by atoms with E-state index in [9.17, 15) is 18.7 Å². The van der Waals surface area contributed by atoms with Gasteiger partial charge in [-0.25, -0.2) is 13.6 Å². The maximum Gasteiger partial charge on any atom is 0.410 e. The van der Waals surface area contributed by atoms with Gasteiger partial charge in [-0.2, -0.15) is 13.9 Å². The molecule has 7 nitrogen and oxygen atoms in total. The molecule has 0 fully saturated rings. The molecule has 170 valence electrons. The molecule has 1 aromatic rings. The quantitative estimate of drug-likeness (QED) is 0.733. The molecule has 30 heavy (non-hydrogen) atoms. The summed E-state index contributed by atoms with van der Waals surface area (Å²) in [5.41, 5.74) is -2.14. The fraction of sp³-hybridized carbons (Fsp3) is 0.789. The van der Waals surface area contributed by atoms with Gasteiger partial charge < -0.3 is 19.5 Å². The number of rotatable bonds is 4. The van der Waals surface area contributed by atoms with E-state index in [4.69, 9.17) is 9.47 Å². The van der Waals surface area contributed by atoms with Crippen molar-refractivity contribution in [1.29, 1.82) is 0 Å². The molecular weight excluding hydrogens is 410 g/mol. The van der Waals surface area contributed by atoms with E-state index >= 15 is 8.78 Å². The molecule has 0 radical (unpaired) electrons. The minimum absolute atomic E-state index is 0.0739. The maximum atomic E-state index is 15.0. The Morgan fingerprint density at radius 3 is 2.63 bits per heavy atom. The number of aliphatic hydroxyl groups is 1. The van der Waals surface area contributed by atoms with Crippen molar-refractivity contribution in [3.63, 3.8) is 0 Å². The summed E-state index contributed by atoms with van der Waals surface area (Å²) in [5.74, 6) is -3.30. The molecule has 0 saturated heterocycles. The first-order valence-corrected chi connectivity index (χ1v) is 9.83. The fourth-order valence-electron chi connectivity index (χ4n) is 3.75. The van der Waals surface area contributed by atoms with Gasteiger partial charge in [0.1, 0.15) is 23.5 Å². The van der Waals surface area contributed by atoms with Crippen molar-refractivity contribution < 1.29 is 36.9 Å². The van der Waals surface area contributed by atoms with Gasteiger partial charge in [-0.05, 0) is 27.2 Å². The number of aromatic nitrogens is 2. The Hall–Kier alpha value is -1.88. The van der Waals surface area contributed by atoms with Crippen LogP contribution in [-0.4, -0.2) is 63.3 Å². The SMILES string of the molecule is CC(C)(C)OC(=O)N1CCc2nn3c(c2C1)C(F)(F)CC[C@](O)(COCC(F)F)C3. The van der Waals surface area contributed by atoms with Crippen molar-refractivity contribution in [1.82, 2.24) is 14.7 Å². The fourth-order valence-corrected chi connectivity index (χ4v) is 3.75. The van der Waals surface area contributed by atoms with Crippen molar-refractivity contribution in [2.24, 2.45) is 0 Å². The second-order valence-electron chi connectivity index (χ2n) is 8.92. The molecule has 1 atom stereocenters. The van der Waals surface area contributed by atoms with Crippen LogP contribution in [0, 0.1) is 0 Å². The highest BCUT2D eigenvalue weighted by Crippen LogP contribution is 2.42. The molecule has 0 bridgehead atoms. The maximum absolute atomic E-state index is 15.0. The summed E-state index contributed by atoms with van der Waals surface area (Å²) in [6, 6.07) is 0. The molecule has 0 unspecified atom stereocenters. The van der Waals surface area contributed by atoms with Crippen LogP contribution in [0.25, 0.3) is 0 Å². The van der Waals surface area contributed by atoms with Crippen LogP contribution in [0.3, 0.4) is 0 Å². The number of fused-ring (bicyclic) bond motifs is 3. The third-order valence-electron chi connectivity index (χ3n) is 5.06. The van der Waals surface area contributed by atoms with Crippen LogP contribution in [0.2, 0.25) is 0 Å². The van der Waals surface area contributed by atoms with Gasteiger partial charge in [-0.1, -0.05) is 0 Å². The zero-order valence-corrected chi connectivity index (χ0v) is 17.3. The molecule has 1 amide bonds. The molecule has 0 spiro atoms. The minimum Gasteiger partial charge on any atom is -0.444 e. The Morgan fingerprint density at radius 1 is 1.30 bits per heavy atom. The Labute approximate surface area is 171 Å². The Kier molecular flexibility index (Phi) is 6.07. The molecule has 1 N–H and O–H groups in total. The molecule has 3 rings (SSSR count). The largest absolute Gasteiger partial charge is 0.444 e. The molecule has 0 aliphatic carbocycles. The van der Waals surface area contributed by atoms with E-state index in [1.165, 1.54) is 4.90 Å². The van der Waals surface area contributed by atoms with E-state index in [1.54, 1.807) is 20.8 Å². The Balaban J connectivity index is 1.84. The molecule has 1 aromatic heterocycles. The van der Waals surface area contributed by atoms with Gasteiger partial charge in [-0.3, -0.25) is 4.68 Å². The van der Waals surface area contributed by atoms with E-state index in [2.05, 4.69) is 5.10 Å². The summed E-state index contributed by atoms with van der Waals surface area (Å²) in [6.07, 6.45) is -4.07. The van der Waals surface area contributed by atoms with E-state index in [0.717, 1.165) is 4.68 Å². The number of hydrogen-bond donors (Lipinski definition) is 1. The highest BCUT2D eigenvalue weighted by Gasteiger charge is 2.47. The van der Waals surface area contributed by atoms with Crippen LogP contribution in [0.1, 0.15) is 50.6 Å². The Morgan fingerprint density at radius 2 is 2.00 bits per heavy atom. The number of carbonyl (C=O) groups excluding carboxylic acids is 1. The zero-order valence-electron chi connectivity index (χ0n) is 17.3. The minimum atomic E-state index is -3.30. The van der Waals surface area contributed by atoms with E-state index in [-0.39, 0.29) is 43.7 Å². The van der Waals surface area contributed by atoms with Crippen LogP contribution in [0.5, 0.6) is 0 Å². The monoisotopic (exact) mass is 437 g/mol. The highest BCUT2D eigenvalue weighted by atomic mass is 19.3. The van der Waals surface area contributed by atoms with Crippen LogP contribution in [0.15, 0.2) is 0 Å². The summed E-state index contributed by atoms with van der Waals surface area (Å²) < 4.78 is 65.9. The molecule has 11 heteroatoms. The first-order chi connectivity index (χ1) is 13.8. The normalized spacial score (nSPS) is 23.7. The topological polar surface area (TPSA) is 76.8 Å². The van der Waals surface area contributed by atoms with Crippen molar-refractivity contribution in [2.75, 3.05) is 19.8 Å². The number of ether oxygens (including phenoxy) is 2. The predicted molar refractivity (Wildman–Crippen MR) is 97.5 cm³/mol. The number of hydrogen-bond acceptors (Lipinski definition) is 5. The number of halogens is 4. The van der Waals surface area contributed by atoms with Gasteiger partial charge in [0.2, 0.25) is 0 Å². The second-order valence-corrected chi connectivity index (χ2v) is 8.92. The lowest BCUT2D eigenvalue weighted by atomic mass is 9.95. The standard InChI is InChI=1S/C19H27F4N3O4/c1-17(2,3)30-16(27)25-7-4-13-12(8-25)15-19(22,23)6-5-18(28,10-26(15)24-13)11-29-9-14(20)21/h14,28H,4-11H2,1-3H3/t18-/m1/s1. The summed E-state index contributed by atoms with van der Waals surface area (Å²) in [5, 5.41) is 15.0. The zero-order chi connectivity index (χ0) is 22.3. The van der Waals surface area contributed by atoms with Crippen molar-refractivity contribution in [3.8, 4) is 0 Å². The average Bonchev–Trinajstić information content (AvgIpc) is 2.91. The first kappa shape index (κ1) is 22.8. The van der Waals surface area contributed by atoms with Gasteiger partial charge in [0.15, 0.2) is 0 Å². The number of alkyl halides is 4. The van der Waals surface area contributed by atoms with Gasteiger partial charge in [-0.15, -0.1) is 0 Å². The van der Waals surface area contributed by atoms with Crippen LogP contribution in [-0.2, 0) is 34.9 Å². The van der Waals surface area contributed by atoms with Crippen LogP contribution in [0.4, 0.5) is 22.4 Å². The molecule has 2 aliphatic rings. The van der Waals surface area contributed by atoms with Crippen molar-refractivity contribution >= 4 is 6.09 Å². The summed E-state index contributed by atoms with van der Waals surface area (Å²) in [4.78, 5) is 13.7. The summed E-state index contributed by atoms with van der Waals surface area (Å²) >= 11 is 0. The van der Waals surface area contributed by atoms with Crippen LogP contribution >= 0.6 is 0 Å². The van der Waals surface area contributed by atoms with Gasteiger partial charge in [0, 0.05) is 24.9 Å². The summed E-state index contributed by atoms with van der Waals surface area (Å²) in [7, 11) is 0. The second kappa shape index (κ2) is 7.99. The third kappa shape index (κ3) is 5.05. The number of carbonyl (C=O) groups is 1. The number of nitrogens with zero attached hydrogens (tertiary/aromatic N) is 3. The first-order valence-electron chi connectivity index (χ1n) is 9.83. The molecule has 2 aliphatic heterocycles. The van der Waals surface area contributed by atoms with E-state index < -0.39 is 49.3 Å². The molecule has 0 aromatic carbocycles. The Bertz CT molecular complexity index is 793.